The number of aromatic nitrogens is 2. The third kappa shape index (κ3) is 4.01. The molecule has 0 aliphatic heterocycles. The number of nitrogens with one attached hydrogen (secondary N) is 1. The molecule has 2 atom stereocenters. The number of carbonyl (C=O) groups is 2. The summed E-state index contributed by atoms with van der Waals surface area (Å²) in [6.45, 7) is 0. The smallest absolute Gasteiger partial charge is 0.352 e. The number of aliphatic hydroxyl groups is 1. The summed E-state index contributed by atoms with van der Waals surface area (Å²) in [5, 5.41) is 20.5. The summed E-state index contributed by atoms with van der Waals surface area (Å²) in [6.07, 6.45) is 0.0445. The molecule has 1 aliphatic carbocycles. The standard InChI is InChI=1S/C20H18ClN3O6/c21-13-4-1-3-12(9-13)5-8-19(30)6-2-7-20(11-19,17(22)28)24-15(25)10-14(16(26)27)23-18(24)29/h1,3-4,9-10,30H,2,6-7,11H2,(H2,22,28)(H,23,29)(H,26,27)/t19-,20+/m1/s1. The average molecular weight is 432 g/mol. The van der Waals surface area contributed by atoms with Gasteiger partial charge in [-0.25, -0.2) is 14.2 Å². The highest BCUT2D eigenvalue weighted by Gasteiger charge is 2.50. The van der Waals surface area contributed by atoms with Crippen molar-refractivity contribution in [3.8, 4) is 11.8 Å². The maximum atomic E-state index is 12.5. The summed E-state index contributed by atoms with van der Waals surface area (Å²) in [4.78, 5) is 50.6. The van der Waals surface area contributed by atoms with Crippen molar-refractivity contribution in [3.63, 3.8) is 0 Å². The second-order valence-electron chi connectivity index (χ2n) is 7.19. The topological polar surface area (TPSA) is 155 Å². The lowest BCUT2D eigenvalue weighted by Gasteiger charge is -2.41. The van der Waals surface area contributed by atoms with Gasteiger partial charge >= 0.3 is 11.7 Å². The number of carbonyl (C=O) groups excluding carboxylic acids is 1. The number of rotatable bonds is 3. The first-order valence-electron chi connectivity index (χ1n) is 8.98. The first kappa shape index (κ1) is 21.4. The highest BCUT2D eigenvalue weighted by molar-refractivity contribution is 6.30. The van der Waals surface area contributed by atoms with Crippen LogP contribution in [0.25, 0.3) is 0 Å². The van der Waals surface area contributed by atoms with Gasteiger partial charge in [-0.3, -0.25) is 9.59 Å². The summed E-state index contributed by atoms with van der Waals surface area (Å²) in [7, 11) is 0. The predicted octanol–water partition coefficient (Wildman–Crippen LogP) is 0.426. The van der Waals surface area contributed by atoms with E-state index >= 15 is 0 Å². The minimum atomic E-state index is -1.86. The zero-order valence-corrected chi connectivity index (χ0v) is 16.4. The van der Waals surface area contributed by atoms with Gasteiger partial charge in [-0.05, 0) is 37.5 Å². The molecule has 1 aromatic carbocycles. The van der Waals surface area contributed by atoms with Crippen molar-refractivity contribution >= 4 is 23.5 Å². The van der Waals surface area contributed by atoms with Crippen molar-refractivity contribution in [2.45, 2.75) is 36.8 Å². The lowest BCUT2D eigenvalue weighted by molar-refractivity contribution is -0.132. The van der Waals surface area contributed by atoms with Crippen molar-refractivity contribution in [3.05, 3.63) is 67.4 Å². The summed E-state index contributed by atoms with van der Waals surface area (Å²) in [5.74, 6) is 2.99. The van der Waals surface area contributed by atoms with E-state index in [0.29, 0.717) is 21.2 Å². The Labute approximate surface area is 175 Å². The Hall–Kier alpha value is -3.35. The molecule has 30 heavy (non-hydrogen) atoms. The van der Waals surface area contributed by atoms with Crippen LogP contribution in [0.15, 0.2) is 39.9 Å². The van der Waals surface area contributed by atoms with E-state index in [9.17, 15) is 24.3 Å². The molecule has 0 bridgehead atoms. The molecule has 0 radical (unpaired) electrons. The largest absolute Gasteiger partial charge is 0.477 e. The van der Waals surface area contributed by atoms with Gasteiger partial charge in [0.2, 0.25) is 5.91 Å². The molecule has 2 aromatic rings. The molecule has 0 saturated heterocycles. The molecule has 1 amide bonds. The molecule has 3 rings (SSSR count). The Morgan fingerprint density at radius 3 is 2.57 bits per heavy atom. The SMILES string of the molecule is NC(=O)[C@]1(n2c(=O)cc(C(=O)O)[nH]c2=O)CCC[C@@](O)(C#Cc2cccc(Cl)c2)C1. The van der Waals surface area contributed by atoms with E-state index in [1.54, 1.807) is 24.3 Å². The van der Waals surface area contributed by atoms with Gasteiger partial charge in [-0.2, -0.15) is 0 Å². The molecular weight excluding hydrogens is 414 g/mol. The lowest BCUT2D eigenvalue weighted by Crippen LogP contribution is -2.61. The number of H-pyrrole nitrogens is 1. The summed E-state index contributed by atoms with van der Waals surface area (Å²) < 4.78 is 0.576. The third-order valence-electron chi connectivity index (χ3n) is 5.08. The van der Waals surface area contributed by atoms with Crippen LogP contribution in [0, 0.1) is 11.8 Å². The Kier molecular flexibility index (Phi) is 5.57. The van der Waals surface area contributed by atoms with Crippen LogP contribution in [0.1, 0.15) is 41.7 Å². The van der Waals surface area contributed by atoms with Crippen LogP contribution in [0.4, 0.5) is 0 Å². The molecule has 0 spiro atoms. The summed E-state index contributed by atoms with van der Waals surface area (Å²) in [5.41, 5.74) is -0.207. The van der Waals surface area contributed by atoms with Crippen molar-refractivity contribution < 1.29 is 19.8 Å². The number of nitrogens with two attached hydrogens (primary N) is 1. The number of hydrogen-bond acceptors (Lipinski definition) is 5. The Balaban J connectivity index is 2.09. The Morgan fingerprint density at radius 2 is 1.97 bits per heavy atom. The molecular formula is C20H18ClN3O6. The van der Waals surface area contributed by atoms with Gasteiger partial charge in [0.25, 0.3) is 5.56 Å². The number of hydrogen-bond donors (Lipinski definition) is 4. The summed E-state index contributed by atoms with van der Waals surface area (Å²) in [6, 6.07) is 7.33. The zero-order valence-electron chi connectivity index (χ0n) is 15.6. The number of carboxylic acids is 1. The molecule has 9 nitrogen and oxygen atoms in total. The first-order valence-corrected chi connectivity index (χ1v) is 9.35. The van der Waals surface area contributed by atoms with Crippen LogP contribution in [0.3, 0.4) is 0 Å². The van der Waals surface area contributed by atoms with E-state index in [-0.39, 0.29) is 19.3 Å². The van der Waals surface area contributed by atoms with Crippen molar-refractivity contribution in [1.29, 1.82) is 0 Å². The Bertz CT molecular complexity index is 1180. The third-order valence-corrected chi connectivity index (χ3v) is 5.31. The van der Waals surface area contributed by atoms with E-state index < -0.39 is 46.4 Å². The fourth-order valence-corrected chi connectivity index (χ4v) is 3.91. The van der Waals surface area contributed by atoms with E-state index in [1.165, 1.54) is 0 Å². The van der Waals surface area contributed by atoms with Crippen LogP contribution in [0.5, 0.6) is 0 Å². The molecule has 5 N–H and O–H groups in total. The van der Waals surface area contributed by atoms with E-state index in [4.69, 9.17) is 22.4 Å². The number of primary amides is 1. The van der Waals surface area contributed by atoms with E-state index in [2.05, 4.69) is 16.8 Å². The number of aromatic carboxylic acids is 1. The van der Waals surface area contributed by atoms with Crippen molar-refractivity contribution in [1.82, 2.24) is 9.55 Å². The molecule has 1 fully saturated rings. The number of nitrogens with zero attached hydrogens (tertiary/aromatic N) is 1. The molecule has 10 heteroatoms. The molecule has 1 heterocycles. The quantitative estimate of drug-likeness (QED) is 0.516. The van der Waals surface area contributed by atoms with Crippen LogP contribution in [0.2, 0.25) is 5.02 Å². The zero-order chi connectivity index (χ0) is 22.1. The molecule has 1 aliphatic rings. The number of halogens is 1. The second kappa shape index (κ2) is 7.82. The Morgan fingerprint density at radius 1 is 1.23 bits per heavy atom. The van der Waals surface area contributed by atoms with Gasteiger partial charge in [-0.1, -0.05) is 29.5 Å². The average Bonchev–Trinajstić information content (AvgIpc) is 2.66. The minimum Gasteiger partial charge on any atom is -0.477 e. The van der Waals surface area contributed by atoms with Crippen molar-refractivity contribution in [2.75, 3.05) is 0 Å². The lowest BCUT2D eigenvalue weighted by atomic mass is 9.72. The van der Waals surface area contributed by atoms with Gasteiger partial charge < -0.3 is 20.9 Å². The number of amides is 1. The number of carboxylic acid groups (broad SMARTS) is 1. The maximum Gasteiger partial charge on any atom is 0.352 e. The minimum absolute atomic E-state index is 0.0128. The second-order valence-corrected chi connectivity index (χ2v) is 7.62. The van der Waals surface area contributed by atoms with E-state index in [1.807, 2.05) is 0 Å². The monoisotopic (exact) mass is 431 g/mol. The van der Waals surface area contributed by atoms with Crippen LogP contribution in [-0.2, 0) is 10.3 Å². The van der Waals surface area contributed by atoms with E-state index in [0.717, 1.165) is 0 Å². The highest BCUT2D eigenvalue weighted by Crippen LogP contribution is 2.39. The van der Waals surface area contributed by atoms with Gasteiger partial charge in [-0.15, -0.1) is 0 Å². The maximum absolute atomic E-state index is 12.5. The van der Waals surface area contributed by atoms with Crippen LogP contribution in [-0.4, -0.2) is 37.2 Å². The van der Waals surface area contributed by atoms with Crippen LogP contribution < -0.4 is 17.0 Å². The van der Waals surface area contributed by atoms with Gasteiger partial charge in [0, 0.05) is 23.1 Å². The fraction of sp³-hybridized carbons (Fsp3) is 0.300. The number of aromatic amines is 1. The normalized spacial score (nSPS) is 23.3. The predicted molar refractivity (Wildman–Crippen MR) is 107 cm³/mol. The fourth-order valence-electron chi connectivity index (χ4n) is 3.72. The van der Waals surface area contributed by atoms with Gasteiger partial charge in [0.05, 0.1) is 0 Å². The van der Waals surface area contributed by atoms with Gasteiger partial charge in [0.15, 0.2) is 0 Å². The first-order chi connectivity index (χ1) is 14.1. The van der Waals surface area contributed by atoms with Crippen molar-refractivity contribution in [2.24, 2.45) is 5.73 Å². The van der Waals surface area contributed by atoms with Gasteiger partial charge in [0.1, 0.15) is 16.8 Å². The molecule has 1 saturated carbocycles. The molecule has 156 valence electrons. The summed E-state index contributed by atoms with van der Waals surface area (Å²) >= 11 is 5.93. The molecule has 0 unspecified atom stereocenters. The number of benzene rings is 1. The molecule has 1 aromatic heterocycles. The van der Waals surface area contributed by atoms with Crippen LogP contribution >= 0.6 is 11.6 Å². The highest BCUT2D eigenvalue weighted by atomic mass is 35.5.